The van der Waals surface area contributed by atoms with Crippen molar-refractivity contribution >= 4 is 20.7 Å². The highest BCUT2D eigenvalue weighted by Gasteiger charge is 2.47. The summed E-state index contributed by atoms with van der Waals surface area (Å²) >= 11 is 0. The van der Waals surface area contributed by atoms with Crippen molar-refractivity contribution in [2.24, 2.45) is 0 Å². The average molecular weight is 725 g/mol. The van der Waals surface area contributed by atoms with Crippen molar-refractivity contribution in [3.05, 3.63) is 0 Å². The molecule has 0 aliphatic rings. The molecule has 0 aromatic heterocycles. The molecule has 0 saturated carbocycles. The minimum absolute atomic E-state index is 0.262. The third kappa shape index (κ3) is 34.2. The second-order valence-electron chi connectivity index (χ2n) is 15.4. The third-order valence-electron chi connectivity index (χ3n) is 10.4. The summed E-state index contributed by atoms with van der Waals surface area (Å²) < 4.78 is 17.7. The third-order valence-corrected chi connectivity index (χ3v) is 13.1. The lowest BCUT2D eigenvalue weighted by atomic mass is 10.0. The van der Waals surface area contributed by atoms with Gasteiger partial charge in [-0.25, -0.2) is 0 Å². The lowest BCUT2D eigenvalue weighted by Gasteiger charge is -2.27. The normalized spacial score (nSPS) is 11.7. The van der Waals surface area contributed by atoms with Gasteiger partial charge in [-0.05, 0) is 19.3 Å². The summed E-state index contributed by atoms with van der Waals surface area (Å²) in [5.41, 5.74) is 0. The molecule has 5 nitrogen and oxygen atoms in total. The summed E-state index contributed by atoms with van der Waals surface area (Å²) in [6, 6.07) is 0.530. The largest absolute Gasteiger partial charge is 0.635 e. The predicted octanol–water partition coefficient (Wildman–Crippen LogP) is 15.2. The summed E-state index contributed by atoms with van der Waals surface area (Å²) in [5, 5.41) is 0. The van der Waals surface area contributed by atoms with E-state index in [1.165, 1.54) is 180 Å². The van der Waals surface area contributed by atoms with Gasteiger partial charge < -0.3 is 13.3 Å². The minimum Gasteiger partial charge on any atom is -0.464 e. The lowest BCUT2D eigenvalue weighted by molar-refractivity contribution is -0.145. The maximum absolute atomic E-state index is 12.9. The predicted molar refractivity (Wildman–Crippen MR) is 218 cm³/mol. The SMILES string of the molecule is CCCCCCCCCCCCCCCCCC(=O)O[Si](CCCCCCC)(OC)OC(=O)CCCCCCCCCCCCCCCCC. The molecular formula is C44H88O5Si. The van der Waals surface area contributed by atoms with Crippen LogP contribution in [0.2, 0.25) is 6.04 Å². The van der Waals surface area contributed by atoms with Gasteiger partial charge in [0, 0.05) is 26.0 Å². The summed E-state index contributed by atoms with van der Waals surface area (Å²) in [5.74, 6) is -0.525. The van der Waals surface area contributed by atoms with Gasteiger partial charge in [0.25, 0.3) is 11.9 Å². The lowest BCUT2D eigenvalue weighted by Crippen LogP contribution is -2.48. The van der Waals surface area contributed by atoms with E-state index >= 15 is 0 Å². The van der Waals surface area contributed by atoms with Gasteiger partial charge in [-0.1, -0.05) is 226 Å². The second-order valence-corrected chi connectivity index (χ2v) is 18.1. The highest BCUT2D eigenvalue weighted by molar-refractivity contribution is 6.64. The molecule has 0 rings (SSSR count). The Bertz CT molecular complexity index is 667. The van der Waals surface area contributed by atoms with Crippen LogP contribution in [0.25, 0.3) is 0 Å². The number of hydrogen-bond donors (Lipinski definition) is 0. The average Bonchev–Trinajstić information content (AvgIpc) is 3.11. The zero-order chi connectivity index (χ0) is 36.6. The van der Waals surface area contributed by atoms with E-state index in [2.05, 4.69) is 20.8 Å². The van der Waals surface area contributed by atoms with Crippen molar-refractivity contribution in [1.82, 2.24) is 0 Å². The maximum atomic E-state index is 12.9. The first kappa shape index (κ1) is 49.1. The molecule has 0 aromatic carbocycles. The molecular weight excluding hydrogens is 637 g/mol. The Labute approximate surface area is 314 Å². The molecule has 0 aliphatic heterocycles. The van der Waals surface area contributed by atoms with E-state index in [1.54, 1.807) is 7.11 Å². The van der Waals surface area contributed by atoms with Crippen molar-refractivity contribution < 1.29 is 22.9 Å². The van der Waals surface area contributed by atoms with Crippen molar-refractivity contribution in [2.45, 2.75) is 264 Å². The fourth-order valence-corrected chi connectivity index (χ4v) is 9.18. The van der Waals surface area contributed by atoms with E-state index in [-0.39, 0.29) is 11.9 Å². The molecule has 0 N–H and O–H groups in total. The molecule has 0 aromatic rings. The van der Waals surface area contributed by atoms with Crippen LogP contribution in [0.1, 0.15) is 258 Å². The highest BCUT2D eigenvalue weighted by Crippen LogP contribution is 2.23. The van der Waals surface area contributed by atoms with Crippen molar-refractivity contribution in [2.75, 3.05) is 7.11 Å². The summed E-state index contributed by atoms with van der Waals surface area (Å²) in [6.45, 7) is 6.76. The molecule has 0 spiro atoms. The standard InChI is InChI=1S/C44H88O5Si/c1-5-8-11-14-16-18-20-22-24-26-28-30-32-34-37-40-43(45)48-50(47-4,42-39-36-13-10-7-3)49-44(46)41-38-35-33-31-29-27-25-23-21-19-17-15-12-9-6-2/h5-42H2,1-4H3. The smallest absolute Gasteiger partial charge is 0.464 e. The van der Waals surface area contributed by atoms with Crippen molar-refractivity contribution in [3.8, 4) is 0 Å². The first-order valence-electron chi connectivity index (χ1n) is 22.5. The van der Waals surface area contributed by atoms with Gasteiger partial charge in [-0.3, -0.25) is 9.59 Å². The van der Waals surface area contributed by atoms with Gasteiger partial charge in [0.1, 0.15) is 0 Å². The highest BCUT2D eigenvalue weighted by atomic mass is 28.4. The van der Waals surface area contributed by atoms with Gasteiger partial charge in [-0.15, -0.1) is 0 Å². The van der Waals surface area contributed by atoms with Crippen LogP contribution in [-0.4, -0.2) is 27.9 Å². The van der Waals surface area contributed by atoms with Gasteiger partial charge in [0.15, 0.2) is 0 Å². The number of unbranched alkanes of at least 4 members (excludes halogenated alkanes) is 32. The van der Waals surface area contributed by atoms with Gasteiger partial charge in [-0.2, -0.15) is 0 Å². The number of carbonyl (C=O) groups is 2. The van der Waals surface area contributed by atoms with E-state index < -0.39 is 8.80 Å². The zero-order valence-corrected chi connectivity index (χ0v) is 35.4. The van der Waals surface area contributed by atoms with E-state index in [1.807, 2.05) is 0 Å². The fraction of sp³-hybridized carbons (Fsp3) is 0.955. The Morgan fingerprint density at radius 2 is 0.560 bits per heavy atom. The quantitative estimate of drug-likeness (QED) is 0.0464. The molecule has 0 bridgehead atoms. The van der Waals surface area contributed by atoms with Gasteiger partial charge in [0.2, 0.25) is 0 Å². The number of carbonyl (C=O) groups excluding carboxylic acids is 2. The molecule has 0 amide bonds. The van der Waals surface area contributed by atoms with Gasteiger partial charge in [0.05, 0.1) is 0 Å². The monoisotopic (exact) mass is 725 g/mol. The molecule has 0 fully saturated rings. The van der Waals surface area contributed by atoms with Crippen LogP contribution in [0.4, 0.5) is 0 Å². The molecule has 0 unspecified atom stereocenters. The maximum Gasteiger partial charge on any atom is 0.635 e. The van der Waals surface area contributed by atoms with Crippen molar-refractivity contribution in [1.29, 1.82) is 0 Å². The van der Waals surface area contributed by atoms with E-state index in [4.69, 9.17) is 13.3 Å². The zero-order valence-electron chi connectivity index (χ0n) is 34.4. The topological polar surface area (TPSA) is 61.8 Å². The van der Waals surface area contributed by atoms with Crippen LogP contribution in [0.15, 0.2) is 0 Å². The molecule has 0 aliphatic carbocycles. The van der Waals surface area contributed by atoms with Crippen LogP contribution in [-0.2, 0) is 22.9 Å². The minimum atomic E-state index is -3.37. The van der Waals surface area contributed by atoms with Crippen LogP contribution >= 0.6 is 0 Å². The molecule has 50 heavy (non-hydrogen) atoms. The van der Waals surface area contributed by atoms with E-state index in [0.29, 0.717) is 18.9 Å². The van der Waals surface area contributed by atoms with Crippen LogP contribution in [0, 0.1) is 0 Å². The van der Waals surface area contributed by atoms with Crippen molar-refractivity contribution in [3.63, 3.8) is 0 Å². The molecule has 0 atom stereocenters. The van der Waals surface area contributed by atoms with Gasteiger partial charge >= 0.3 is 8.80 Å². The van der Waals surface area contributed by atoms with Crippen LogP contribution < -0.4 is 0 Å². The van der Waals surface area contributed by atoms with Crippen LogP contribution in [0.3, 0.4) is 0 Å². The molecule has 0 heterocycles. The Hall–Kier alpha value is -0.883. The Morgan fingerprint density at radius 3 is 0.800 bits per heavy atom. The first-order chi connectivity index (χ1) is 24.5. The molecule has 6 heteroatoms. The molecule has 298 valence electrons. The summed E-state index contributed by atoms with van der Waals surface area (Å²) in [7, 11) is -1.82. The molecule has 0 saturated heterocycles. The first-order valence-corrected chi connectivity index (χ1v) is 24.5. The van der Waals surface area contributed by atoms with E-state index in [0.717, 1.165) is 44.9 Å². The Kier molecular flexibility index (Phi) is 38.6. The Balaban J connectivity index is 4.19. The summed E-state index contributed by atoms with van der Waals surface area (Å²) in [6.07, 6.45) is 45.1. The Morgan fingerprint density at radius 1 is 0.340 bits per heavy atom. The van der Waals surface area contributed by atoms with Crippen LogP contribution in [0.5, 0.6) is 0 Å². The second kappa shape index (κ2) is 39.3. The number of hydrogen-bond acceptors (Lipinski definition) is 5. The fourth-order valence-electron chi connectivity index (χ4n) is 6.98. The van der Waals surface area contributed by atoms with E-state index in [9.17, 15) is 9.59 Å². The molecule has 0 radical (unpaired) electrons. The number of rotatable bonds is 41. The summed E-state index contributed by atoms with van der Waals surface area (Å²) in [4.78, 5) is 25.8.